The third-order valence-electron chi connectivity index (χ3n) is 1.23. The van der Waals surface area contributed by atoms with Crippen LogP contribution in [0.25, 0.3) is 0 Å². The number of halogens is 2. The van der Waals surface area contributed by atoms with E-state index in [0.717, 1.165) is 8.95 Å². The van der Waals surface area contributed by atoms with Crippen molar-refractivity contribution in [1.29, 1.82) is 0 Å². The molecule has 0 aliphatic carbocycles. The molecular formula is C7H7Br2NO. The fraction of sp³-hybridized carbons (Fsp3) is 0.286. The molecule has 0 fully saturated rings. The fourth-order valence-electron chi connectivity index (χ4n) is 0.733. The van der Waals surface area contributed by atoms with Crippen LogP contribution in [0.1, 0.15) is 18.7 Å². The highest BCUT2D eigenvalue weighted by atomic mass is 79.9. The highest BCUT2D eigenvalue weighted by Gasteiger charge is 2.06. The minimum absolute atomic E-state index is 0.530. The molecular weight excluding hydrogens is 274 g/mol. The smallest absolute Gasteiger partial charge is 0.0943 e. The molecule has 0 bridgehead atoms. The molecule has 0 saturated heterocycles. The van der Waals surface area contributed by atoms with Gasteiger partial charge in [0.05, 0.1) is 11.8 Å². The molecule has 0 saturated carbocycles. The molecule has 0 aliphatic rings. The average molecular weight is 281 g/mol. The van der Waals surface area contributed by atoms with Crippen molar-refractivity contribution in [2.45, 2.75) is 13.0 Å². The van der Waals surface area contributed by atoms with E-state index in [9.17, 15) is 5.11 Å². The van der Waals surface area contributed by atoms with Gasteiger partial charge in [-0.25, -0.2) is 0 Å². The fourth-order valence-corrected chi connectivity index (χ4v) is 2.05. The standard InChI is InChI=1S/C7H7Br2NO/c1-4(11)7-6(9)2-5(8)3-10-7/h2-4,11H,1H3/t4-/m0/s1. The number of hydrogen-bond donors (Lipinski definition) is 1. The van der Waals surface area contributed by atoms with Gasteiger partial charge in [0, 0.05) is 15.1 Å². The Morgan fingerprint density at radius 3 is 2.64 bits per heavy atom. The van der Waals surface area contributed by atoms with Crippen molar-refractivity contribution in [1.82, 2.24) is 4.98 Å². The summed E-state index contributed by atoms with van der Waals surface area (Å²) in [5.41, 5.74) is 0.660. The van der Waals surface area contributed by atoms with Crippen LogP contribution in [-0.2, 0) is 0 Å². The van der Waals surface area contributed by atoms with Crippen molar-refractivity contribution in [3.63, 3.8) is 0 Å². The molecule has 0 amide bonds. The van der Waals surface area contributed by atoms with Gasteiger partial charge in [-0.15, -0.1) is 0 Å². The zero-order chi connectivity index (χ0) is 8.43. The van der Waals surface area contributed by atoms with Crippen LogP contribution in [0.4, 0.5) is 0 Å². The molecule has 4 heteroatoms. The Morgan fingerprint density at radius 2 is 2.18 bits per heavy atom. The number of hydrogen-bond acceptors (Lipinski definition) is 2. The summed E-state index contributed by atoms with van der Waals surface area (Å²) in [4.78, 5) is 4.03. The molecule has 1 atom stereocenters. The number of nitrogens with zero attached hydrogens (tertiary/aromatic N) is 1. The third-order valence-corrected chi connectivity index (χ3v) is 2.30. The number of pyridine rings is 1. The Morgan fingerprint density at radius 1 is 1.55 bits per heavy atom. The predicted octanol–water partition coefficient (Wildman–Crippen LogP) is 2.66. The Balaban J connectivity index is 3.09. The maximum Gasteiger partial charge on any atom is 0.0943 e. The lowest BCUT2D eigenvalue weighted by molar-refractivity contribution is 0.193. The molecule has 0 radical (unpaired) electrons. The van der Waals surface area contributed by atoms with Crippen LogP contribution < -0.4 is 0 Å². The molecule has 0 unspecified atom stereocenters. The first kappa shape index (κ1) is 9.16. The first-order valence-electron chi connectivity index (χ1n) is 3.10. The van der Waals surface area contributed by atoms with Crippen LogP contribution in [-0.4, -0.2) is 10.1 Å². The second-order valence-corrected chi connectivity index (χ2v) is 3.97. The Bertz CT molecular complexity index is 263. The third kappa shape index (κ3) is 2.25. The summed E-state index contributed by atoms with van der Waals surface area (Å²) >= 11 is 6.57. The van der Waals surface area contributed by atoms with E-state index in [-0.39, 0.29) is 0 Å². The van der Waals surface area contributed by atoms with Gasteiger partial charge in [-0.05, 0) is 44.8 Å². The molecule has 1 heterocycles. The van der Waals surface area contributed by atoms with E-state index in [1.54, 1.807) is 13.1 Å². The van der Waals surface area contributed by atoms with Crippen LogP contribution in [0.15, 0.2) is 21.2 Å². The van der Waals surface area contributed by atoms with Crippen molar-refractivity contribution < 1.29 is 5.11 Å². The number of aliphatic hydroxyl groups excluding tert-OH is 1. The van der Waals surface area contributed by atoms with E-state index in [4.69, 9.17) is 0 Å². The van der Waals surface area contributed by atoms with Gasteiger partial charge in [0.2, 0.25) is 0 Å². The second-order valence-electron chi connectivity index (χ2n) is 2.20. The number of aliphatic hydroxyl groups is 1. The summed E-state index contributed by atoms with van der Waals surface area (Å²) < 4.78 is 1.72. The first-order chi connectivity index (χ1) is 5.11. The summed E-state index contributed by atoms with van der Waals surface area (Å²) in [6, 6.07) is 1.86. The molecule has 0 aromatic carbocycles. The summed E-state index contributed by atoms with van der Waals surface area (Å²) in [6.07, 6.45) is 1.13. The SMILES string of the molecule is C[C@H](O)c1ncc(Br)cc1Br. The van der Waals surface area contributed by atoms with Crippen molar-refractivity contribution >= 4 is 31.9 Å². The van der Waals surface area contributed by atoms with Gasteiger partial charge in [-0.3, -0.25) is 4.98 Å². The normalized spacial score (nSPS) is 13.1. The molecule has 2 nitrogen and oxygen atoms in total. The lowest BCUT2D eigenvalue weighted by Gasteiger charge is -2.05. The molecule has 1 aromatic rings. The number of rotatable bonds is 1. The predicted molar refractivity (Wildman–Crippen MR) is 50.3 cm³/mol. The van der Waals surface area contributed by atoms with Crippen LogP contribution in [0.2, 0.25) is 0 Å². The summed E-state index contributed by atoms with van der Waals surface area (Å²) in [6.45, 7) is 1.68. The van der Waals surface area contributed by atoms with Crippen LogP contribution >= 0.6 is 31.9 Å². The van der Waals surface area contributed by atoms with Gasteiger partial charge in [-0.2, -0.15) is 0 Å². The molecule has 11 heavy (non-hydrogen) atoms. The quantitative estimate of drug-likeness (QED) is 0.858. The molecule has 1 rings (SSSR count). The Kier molecular flexibility index (Phi) is 3.04. The largest absolute Gasteiger partial charge is 0.387 e. The molecule has 60 valence electrons. The number of aromatic nitrogens is 1. The van der Waals surface area contributed by atoms with E-state index < -0.39 is 6.10 Å². The van der Waals surface area contributed by atoms with E-state index in [1.165, 1.54) is 0 Å². The lowest BCUT2D eigenvalue weighted by atomic mass is 10.2. The topological polar surface area (TPSA) is 33.1 Å². The summed E-state index contributed by atoms with van der Waals surface area (Å²) in [5.74, 6) is 0. The maximum absolute atomic E-state index is 9.19. The Labute approximate surface area is 81.9 Å². The van der Waals surface area contributed by atoms with Crippen molar-refractivity contribution in [2.75, 3.05) is 0 Å². The van der Waals surface area contributed by atoms with Crippen LogP contribution in [0.3, 0.4) is 0 Å². The highest BCUT2D eigenvalue weighted by Crippen LogP contribution is 2.23. The van der Waals surface area contributed by atoms with Gasteiger partial charge in [0.1, 0.15) is 0 Å². The molecule has 1 aromatic heterocycles. The minimum Gasteiger partial charge on any atom is -0.387 e. The maximum atomic E-state index is 9.19. The van der Waals surface area contributed by atoms with Crippen molar-refractivity contribution in [2.24, 2.45) is 0 Å². The monoisotopic (exact) mass is 279 g/mol. The summed E-state index contributed by atoms with van der Waals surface area (Å²) in [5, 5.41) is 9.19. The van der Waals surface area contributed by atoms with E-state index >= 15 is 0 Å². The van der Waals surface area contributed by atoms with Gasteiger partial charge >= 0.3 is 0 Å². The zero-order valence-corrected chi connectivity index (χ0v) is 9.05. The van der Waals surface area contributed by atoms with E-state index in [1.807, 2.05) is 6.07 Å². The molecule has 1 N–H and O–H groups in total. The van der Waals surface area contributed by atoms with Crippen molar-refractivity contribution in [3.8, 4) is 0 Å². The van der Waals surface area contributed by atoms with Crippen LogP contribution in [0, 0.1) is 0 Å². The van der Waals surface area contributed by atoms with E-state index in [0.29, 0.717) is 5.69 Å². The molecule has 0 spiro atoms. The van der Waals surface area contributed by atoms with Crippen LogP contribution in [0.5, 0.6) is 0 Å². The van der Waals surface area contributed by atoms with Gasteiger partial charge < -0.3 is 5.11 Å². The molecule has 0 aliphatic heterocycles. The zero-order valence-electron chi connectivity index (χ0n) is 5.88. The van der Waals surface area contributed by atoms with Gasteiger partial charge in [0.25, 0.3) is 0 Å². The Hall–Kier alpha value is 0.0700. The van der Waals surface area contributed by atoms with Gasteiger partial charge in [0.15, 0.2) is 0 Å². The summed E-state index contributed by atoms with van der Waals surface area (Å²) in [7, 11) is 0. The first-order valence-corrected chi connectivity index (χ1v) is 4.69. The van der Waals surface area contributed by atoms with E-state index in [2.05, 4.69) is 36.8 Å². The lowest BCUT2D eigenvalue weighted by Crippen LogP contribution is -1.95. The minimum atomic E-state index is -0.530. The van der Waals surface area contributed by atoms with Crippen molar-refractivity contribution in [3.05, 3.63) is 26.9 Å². The second kappa shape index (κ2) is 3.65. The average Bonchev–Trinajstić information content (AvgIpc) is 1.85. The highest BCUT2D eigenvalue weighted by molar-refractivity contribution is 9.11. The van der Waals surface area contributed by atoms with Gasteiger partial charge in [-0.1, -0.05) is 0 Å².